The molecule has 1 aliphatic heterocycles. The van der Waals surface area contributed by atoms with Gasteiger partial charge in [0, 0.05) is 38.3 Å². The second kappa shape index (κ2) is 9.30. The summed E-state index contributed by atoms with van der Waals surface area (Å²) in [4.78, 5) is 28.5. The Morgan fingerprint density at radius 3 is 2.52 bits per heavy atom. The maximum atomic E-state index is 12.8. The number of carbonyl (C=O) groups is 2. The van der Waals surface area contributed by atoms with E-state index in [2.05, 4.69) is 5.32 Å². The van der Waals surface area contributed by atoms with Gasteiger partial charge in [-0.25, -0.2) is 4.79 Å². The number of amides is 3. The number of carbonyl (C=O) groups excluding carboxylic acids is 2. The Bertz CT molecular complexity index is 604. The second-order valence-corrected chi connectivity index (χ2v) is 6.28. The van der Waals surface area contributed by atoms with Crippen molar-refractivity contribution in [3.05, 3.63) is 29.3 Å². The zero-order valence-corrected chi connectivity index (χ0v) is 15.5. The van der Waals surface area contributed by atoms with E-state index in [1.165, 1.54) is 0 Å². The van der Waals surface area contributed by atoms with Crippen LogP contribution in [0.25, 0.3) is 0 Å². The van der Waals surface area contributed by atoms with Gasteiger partial charge in [0.05, 0.1) is 6.61 Å². The van der Waals surface area contributed by atoms with Crippen LogP contribution in [0.2, 0.25) is 0 Å². The van der Waals surface area contributed by atoms with Crippen molar-refractivity contribution in [2.24, 2.45) is 0 Å². The van der Waals surface area contributed by atoms with Gasteiger partial charge in [-0.15, -0.1) is 0 Å². The van der Waals surface area contributed by atoms with Gasteiger partial charge in [0.15, 0.2) is 0 Å². The summed E-state index contributed by atoms with van der Waals surface area (Å²) < 4.78 is 5.53. The SMILES string of the molecule is CCCNC(=O)N1CCCN(C(=O)c2ccc(OCC)c(C)c2)CC1. The third-order valence-electron chi connectivity index (χ3n) is 4.32. The van der Waals surface area contributed by atoms with Gasteiger partial charge in [-0.3, -0.25) is 4.79 Å². The van der Waals surface area contributed by atoms with Crippen molar-refractivity contribution in [3.8, 4) is 5.75 Å². The number of benzene rings is 1. The molecule has 2 rings (SSSR count). The van der Waals surface area contributed by atoms with Crippen LogP contribution in [0.15, 0.2) is 18.2 Å². The Kier molecular flexibility index (Phi) is 7.10. The van der Waals surface area contributed by atoms with E-state index in [-0.39, 0.29) is 11.9 Å². The molecular formula is C19H29N3O3. The molecule has 6 heteroatoms. The summed E-state index contributed by atoms with van der Waals surface area (Å²) in [6, 6.07) is 5.52. The first-order chi connectivity index (χ1) is 12.1. The minimum atomic E-state index is -0.0342. The lowest BCUT2D eigenvalue weighted by Crippen LogP contribution is -2.42. The first-order valence-corrected chi connectivity index (χ1v) is 9.12. The van der Waals surface area contributed by atoms with Crippen LogP contribution in [0.3, 0.4) is 0 Å². The van der Waals surface area contributed by atoms with Gasteiger partial charge in [-0.05, 0) is 50.5 Å². The predicted molar refractivity (Wildman–Crippen MR) is 98.1 cm³/mol. The van der Waals surface area contributed by atoms with Crippen molar-refractivity contribution in [1.29, 1.82) is 0 Å². The van der Waals surface area contributed by atoms with Gasteiger partial charge in [-0.2, -0.15) is 0 Å². The fraction of sp³-hybridized carbons (Fsp3) is 0.579. The Balaban J connectivity index is 1.98. The van der Waals surface area contributed by atoms with Crippen molar-refractivity contribution in [2.45, 2.75) is 33.6 Å². The Morgan fingerprint density at radius 1 is 1.12 bits per heavy atom. The lowest BCUT2D eigenvalue weighted by molar-refractivity contribution is 0.0762. The van der Waals surface area contributed by atoms with Crippen molar-refractivity contribution >= 4 is 11.9 Å². The minimum absolute atomic E-state index is 0.0157. The highest BCUT2D eigenvalue weighted by atomic mass is 16.5. The third kappa shape index (κ3) is 5.11. The average molecular weight is 347 g/mol. The lowest BCUT2D eigenvalue weighted by Gasteiger charge is -2.22. The zero-order valence-electron chi connectivity index (χ0n) is 15.5. The van der Waals surface area contributed by atoms with Crippen LogP contribution in [0.5, 0.6) is 5.75 Å². The smallest absolute Gasteiger partial charge is 0.317 e. The number of urea groups is 1. The number of ether oxygens (including phenoxy) is 1. The molecule has 0 unspecified atom stereocenters. The van der Waals surface area contributed by atoms with E-state index in [1.807, 2.05) is 43.9 Å². The van der Waals surface area contributed by atoms with E-state index in [4.69, 9.17) is 4.74 Å². The topological polar surface area (TPSA) is 61.9 Å². The highest BCUT2D eigenvalue weighted by molar-refractivity contribution is 5.94. The normalized spacial score (nSPS) is 14.8. The van der Waals surface area contributed by atoms with E-state index < -0.39 is 0 Å². The molecule has 1 fully saturated rings. The van der Waals surface area contributed by atoms with Gasteiger partial charge in [0.2, 0.25) is 0 Å². The molecule has 25 heavy (non-hydrogen) atoms. The molecule has 0 aliphatic carbocycles. The molecule has 138 valence electrons. The molecule has 0 atom stereocenters. The van der Waals surface area contributed by atoms with Crippen LogP contribution < -0.4 is 10.1 Å². The third-order valence-corrected chi connectivity index (χ3v) is 4.32. The maximum absolute atomic E-state index is 12.8. The molecule has 0 saturated carbocycles. The van der Waals surface area contributed by atoms with Gasteiger partial charge in [-0.1, -0.05) is 6.92 Å². The van der Waals surface area contributed by atoms with Crippen LogP contribution >= 0.6 is 0 Å². The Labute approximate surface area is 150 Å². The number of nitrogens with one attached hydrogen (secondary N) is 1. The van der Waals surface area contributed by atoms with E-state index in [0.717, 1.165) is 24.2 Å². The summed E-state index contributed by atoms with van der Waals surface area (Å²) in [5.74, 6) is 0.829. The van der Waals surface area contributed by atoms with E-state index in [1.54, 1.807) is 4.90 Å². The number of aryl methyl sites for hydroxylation is 1. The monoisotopic (exact) mass is 347 g/mol. The number of rotatable bonds is 5. The van der Waals surface area contributed by atoms with Gasteiger partial charge in [0.1, 0.15) is 5.75 Å². The summed E-state index contributed by atoms with van der Waals surface area (Å²) in [6.45, 7) is 9.69. The molecule has 1 aromatic carbocycles. The number of hydrogen-bond donors (Lipinski definition) is 1. The summed E-state index contributed by atoms with van der Waals surface area (Å²) in [6.07, 6.45) is 1.71. The van der Waals surface area contributed by atoms with Crippen LogP contribution in [-0.4, -0.2) is 61.1 Å². The van der Waals surface area contributed by atoms with Crippen molar-refractivity contribution in [3.63, 3.8) is 0 Å². The minimum Gasteiger partial charge on any atom is -0.494 e. The van der Waals surface area contributed by atoms with E-state index in [9.17, 15) is 9.59 Å². The molecule has 1 saturated heterocycles. The lowest BCUT2D eigenvalue weighted by atomic mass is 10.1. The Morgan fingerprint density at radius 2 is 1.84 bits per heavy atom. The van der Waals surface area contributed by atoms with Crippen molar-refractivity contribution in [2.75, 3.05) is 39.3 Å². The molecule has 1 aromatic rings. The highest BCUT2D eigenvalue weighted by Crippen LogP contribution is 2.20. The van der Waals surface area contributed by atoms with Crippen molar-refractivity contribution < 1.29 is 14.3 Å². The number of hydrogen-bond acceptors (Lipinski definition) is 3. The fourth-order valence-corrected chi connectivity index (χ4v) is 2.95. The largest absolute Gasteiger partial charge is 0.494 e. The molecule has 0 spiro atoms. The van der Waals surface area contributed by atoms with E-state index >= 15 is 0 Å². The molecule has 1 N–H and O–H groups in total. The summed E-state index contributed by atoms with van der Waals surface area (Å²) >= 11 is 0. The molecule has 1 aliphatic rings. The molecule has 1 heterocycles. The summed E-state index contributed by atoms with van der Waals surface area (Å²) in [7, 11) is 0. The van der Waals surface area contributed by atoms with Gasteiger partial charge >= 0.3 is 6.03 Å². The molecular weight excluding hydrogens is 318 g/mol. The standard InChI is InChI=1S/C19H29N3O3/c1-4-9-20-19(24)22-11-6-10-21(12-13-22)18(23)16-7-8-17(25-5-2)15(3)14-16/h7-8,14H,4-6,9-13H2,1-3H3,(H,20,24). The van der Waals surface area contributed by atoms with Crippen LogP contribution in [0.4, 0.5) is 4.79 Å². The zero-order chi connectivity index (χ0) is 18.2. The molecule has 0 bridgehead atoms. The fourth-order valence-electron chi connectivity index (χ4n) is 2.95. The first-order valence-electron chi connectivity index (χ1n) is 9.12. The molecule has 0 aromatic heterocycles. The van der Waals surface area contributed by atoms with Crippen LogP contribution in [0, 0.1) is 6.92 Å². The molecule has 6 nitrogen and oxygen atoms in total. The quantitative estimate of drug-likeness (QED) is 0.891. The number of nitrogens with zero attached hydrogens (tertiary/aromatic N) is 2. The summed E-state index contributed by atoms with van der Waals surface area (Å²) in [5.41, 5.74) is 1.63. The average Bonchev–Trinajstić information content (AvgIpc) is 2.87. The van der Waals surface area contributed by atoms with E-state index in [0.29, 0.717) is 44.9 Å². The first kappa shape index (κ1) is 19.1. The highest BCUT2D eigenvalue weighted by Gasteiger charge is 2.23. The van der Waals surface area contributed by atoms with Crippen LogP contribution in [-0.2, 0) is 0 Å². The predicted octanol–water partition coefficient (Wildman–Crippen LogP) is 2.66. The molecule has 3 amide bonds. The Hall–Kier alpha value is -2.24. The van der Waals surface area contributed by atoms with Crippen molar-refractivity contribution in [1.82, 2.24) is 15.1 Å². The second-order valence-electron chi connectivity index (χ2n) is 6.28. The van der Waals surface area contributed by atoms with Gasteiger partial charge < -0.3 is 19.9 Å². The summed E-state index contributed by atoms with van der Waals surface area (Å²) in [5, 5.41) is 2.90. The van der Waals surface area contributed by atoms with Crippen LogP contribution in [0.1, 0.15) is 42.6 Å². The molecule has 0 radical (unpaired) electrons. The maximum Gasteiger partial charge on any atom is 0.317 e. The van der Waals surface area contributed by atoms with Gasteiger partial charge in [0.25, 0.3) is 5.91 Å².